The van der Waals surface area contributed by atoms with Crippen molar-refractivity contribution in [3.63, 3.8) is 0 Å². The molecule has 0 bridgehead atoms. The van der Waals surface area contributed by atoms with Crippen LogP contribution in [0.4, 0.5) is 0 Å². The Labute approximate surface area is 174 Å². The number of amides is 2. The Hall–Kier alpha value is -2.14. The predicted molar refractivity (Wildman–Crippen MR) is 114 cm³/mol. The second-order valence-corrected chi connectivity index (χ2v) is 9.54. The minimum absolute atomic E-state index is 0.0456. The molecule has 0 aromatic heterocycles. The van der Waals surface area contributed by atoms with Crippen molar-refractivity contribution in [2.75, 3.05) is 32.7 Å². The fraction of sp³-hybridized carbons (Fsp3) is 0.583. The molecule has 1 atom stereocenters. The molecule has 2 aliphatic heterocycles. The van der Waals surface area contributed by atoms with Crippen LogP contribution in [-0.2, 0) is 16.1 Å². The van der Waals surface area contributed by atoms with Gasteiger partial charge in [0.15, 0.2) is 0 Å². The minimum atomic E-state index is -0.0997. The van der Waals surface area contributed by atoms with Crippen LogP contribution in [0.25, 0.3) is 0 Å². The van der Waals surface area contributed by atoms with Crippen molar-refractivity contribution in [2.45, 2.75) is 33.2 Å². The van der Waals surface area contributed by atoms with E-state index >= 15 is 0 Å². The van der Waals surface area contributed by atoms with Gasteiger partial charge in [0, 0.05) is 50.6 Å². The highest BCUT2D eigenvalue weighted by atomic mass is 16.2. The van der Waals surface area contributed by atoms with Gasteiger partial charge in [-0.15, -0.1) is 0 Å². The first kappa shape index (κ1) is 20.1. The van der Waals surface area contributed by atoms with Gasteiger partial charge in [0.25, 0.3) is 0 Å². The van der Waals surface area contributed by atoms with E-state index in [4.69, 9.17) is 0 Å². The predicted octanol–water partition coefficient (Wildman–Crippen LogP) is 2.69. The van der Waals surface area contributed by atoms with Crippen LogP contribution in [0, 0.1) is 23.2 Å². The number of rotatable bonds is 6. The molecule has 29 heavy (non-hydrogen) atoms. The number of hydrogen-bond acceptors (Lipinski definition) is 3. The lowest BCUT2D eigenvalue weighted by Crippen LogP contribution is -2.64. The van der Waals surface area contributed by atoms with E-state index in [1.165, 1.54) is 5.56 Å². The third-order valence-corrected chi connectivity index (χ3v) is 6.65. The molecule has 2 amide bonds. The molecule has 2 heterocycles. The summed E-state index contributed by atoms with van der Waals surface area (Å²) in [5.41, 5.74) is 1.17. The number of nitrogens with zero attached hydrogens (tertiary/aromatic N) is 2. The molecule has 2 saturated heterocycles. The third kappa shape index (κ3) is 4.25. The normalized spacial score (nSPS) is 23.7. The molecule has 4 rings (SSSR count). The summed E-state index contributed by atoms with van der Waals surface area (Å²) in [5, 5.41) is 3.15. The molecule has 5 heteroatoms. The van der Waals surface area contributed by atoms with Crippen molar-refractivity contribution in [3.8, 4) is 0 Å². The Bertz CT molecular complexity index is 760. The fourth-order valence-corrected chi connectivity index (χ4v) is 5.09. The second kappa shape index (κ2) is 8.31. The zero-order chi connectivity index (χ0) is 20.4. The van der Waals surface area contributed by atoms with Gasteiger partial charge in [-0.2, -0.15) is 0 Å². The minimum Gasteiger partial charge on any atom is -0.356 e. The van der Waals surface area contributed by atoms with Gasteiger partial charge in [0.2, 0.25) is 11.8 Å². The number of likely N-dealkylation sites (tertiary alicyclic amines) is 2. The molecule has 1 aliphatic carbocycles. The fourth-order valence-electron chi connectivity index (χ4n) is 5.09. The van der Waals surface area contributed by atoms with Crippen LogP contribution in [0.1, 0.15) is 32.3 Å². The molecule has 1 aromatic carbocycles. The molecular formula is C24H33N3O2. The van der Waals surface area contributed by atoms with Crippen LogP contribution in [-0.4, -0.2) is 54.3 Å². The van der Waals surface area contributed by atoms with Crippen LogP contribution in [0.15, 0.2) is 42.5 Å². The Morgan fingerprint density at radius 2 is 1.79 bits per heavy atom. The van der Waals surface area contributed by atoms with Crippen LogP contribution in [0.2, 0.25) is 0 Å². The highest BCUT2D eigenvalue weighted by molar-refractivity contribution is 5.83. The smallest absolute Gasteiger partial charge is 0.226 e. The van der Waals surface area contributed by atoms with E-state index in [1.54, 1.807) is 0 Å². The summed E-state index contributed by atoms with van der Waals surface area (Å²) in [5.74, 6) is 0.927. The van der Waals surface area contributed by atoms with Gasteiger partial charge in [0.1, 0.15) is 0 Å². The molecule has 1 aromatic rings. The summed E-state index contributed by atoms with van der Waals surface area (Å²) in [6.45, 7) is 8.88. The Morgan fingerprint density at radius 1 is 1.10 bits per heavy atom. The summed E-state index contributed by atoms with van der Waals surface area (Å²) in [4.78, 5) is 30.2. The van der Waals surface area contributed by atoms with E-state index in [-0.39, 0.29) is 29.1 Å². The Morgan fingerprint density at radius 3 is 2.45 bits per heavy atom. The summed E-state index contributed by atoms with van der Waals surface area (Å²) in [6.07, 6.45) is 5.94. The van der Waals surface area contributed by atoms with Gasteiger partial charge >= 0.3 is 0 Å². The zero-order valence-corrected chi connectivity index (χ0v) is 17.6. The van der Waals surface area contributed by atoms with Gasteiger partial charge in [0.05, 0.1) is 5.92 Å². The topological polar surface area (TPSA) is 52.7 Å². The van der Waals surface area contributed by atoms with Crippen molar-refractivity contribution < 1.29 is 9.59 Å². The van der Waals surface area contributed by atoms with Gasteiger partial charge in [-0.3, -0.25) is 14.5 Å². The molecule has 1 spiro atoms. The van der Waals surface area contributed by atoms with Crippen molar-refractivity contribution in [1.29, 1.82) is 0 Å². The maximum absolute atomic E-state index is 13.0. The van der Waals surface area contributed by atoms with E-state index in [2.05, 4.69) is 60.5 Å². The second-order valence-electron chi connectivity index (χ2n) is 9.54. The summed E-state index contributed by atoms with van der Waals surface area (Å²) >= 11 is 0. The first-order valence-corrected chi connectivity index (χ1v) is 10.9. The number of carbonyl (C=O) groups excluding carboxylic acids is 2. The summed E-state index contributed by atoms with van der Waals surface area (Å²) in [7, 11) is 0. The van der Waals surface area contributed by atoms with E-state index < -0.39 is 0 Å². The van der Waals surface area contributed by atoms with E-state index in [1.807, 2.05) is 11.0 Å². The Kier molecular flexibility index (Phi) is 5.77. The van der Waals surface area contributed by atoms with Crippen molar-refractivity contribution in [1.82, 2.24) is 15.1 Å². The van der Waals surface area contributed by atoms with Gasteiger partial charge in [-0.25, -0.2) is 0 Å². The molecule has 156 valence electrons. The maximum Gasteiger partial charge on any atom is 0.226 e. The number of carbonyl (C=O) groups is 2. The first-order valence-electron chi connectivity index (χ1n) is 10.9. The summed E-state index contributed by atoms with van der Waals surface area (Å²) in [6, 6.07) is 10.4. The molecule has 5 nitrogen and oxygen atoms in total. The standard InChI is InChI=1S/C24H33N3O2/c1-18(2)12-25-22(28)21-14-26(13-19-8-4-3-5-9-19)15-24(21)16-27(17-24)23(29)20-10-6-7-11-20/h3-9,18,20-21H,10-17H2,1-2H3,(H,25,28). The molecular weight excluding hydrogens is 362 g/mol. The zero-order valence-electron chi connectivity index (χ0n) is 17.6. The van der Waals surface area contributed by atoms with Crippen LogP contribution >= 0.6 is 0 Å². The highest BCUT2D eigenvalue weighted by Crippen LogP contribution is 2.45. The van der Waals surface area contributed by atoms with Crippen LogP contribution in [0.3, 0.4) is 0 Å². The SMILES string of the molecule is CC(C)CNC(=O)C1CN(Cc2ccccc2)CC12CN(C(=O)C1CC=CC1)C2. The molecule has 0 saturated carbocycles. The third-order valence-electron chi connectivity index (χ3n) is 6.65. The lowest BCUT2D eigenvalue weighted by Gasteiger charge is -2.51. The van der Waals surface area contributed by atoms with E-state index in [9.17, 15) is 9.59 Å². The Balaban J connectivity index is 1.44. The number of hydrogen-bond donors (Lipinski definition) is 1. The maximum atomic E-state index is 13.0. The lowest BCUT2D eigenvalue weighted by molar-refractivity contribution is -0.153. The largest absolute Gasteiger partial charge is 0.356 e. The summed E-state index contributed by atoms with van der Waals surface area (Å²) < 4.78 is 0. The van der Waals surface area contributed by atoms with E-state index in [0.29, 0.717) is 25.6 Å². The van der Waals surface area contributed by atoms with Crippen molar-refractivity contribution >= 4 is 11.8 Å². The van der Waals surface area contributed by atoms with Crippen molar-refractivity contribution in [2.24, 2.45) is 23.2 Å². The number of nitrogens with one attached hydrogen (secondary N) is 1. The quantitative estimate of drug-likeness (QED) is 0.754. The molecule has 1 N–H and O–H groups in total. The molecule has 1 unspecified atom stereocenters. The lowest BCUT2D eigenvalue weighted by atomic mass is 9.70. The molecule has 0 radical (unpaired) electrons. The van der Waals surface area contributed by atoms with Crippen LogP contribution < -0.4 is 5.32 Å². The molecule has 2 fully saturated rings. The first-order chi connectivity index (χ1) is 14.0. The van der Waals surface area contributed by atoms with Crippen LogP contribution in [0.5, 0.6) is 0 Å². The highest BCUT2D eigenvalue weighted by Gasteiger charge is 2.58. The van der Waals surface area contributed by atoms with Gasteiger partial charge in [-0.05, 0) is 24.3 Å². The average molecular weight is 396 g/mol. The number of benzene rings is 1. The van der Waals surface area contributed by atoms with Crippen molar-refractivity contribution in [3.05, 3.63) is 48.0 Å². The number of allylic oxidation sites excluding steroid dienone is 2. The monoisotopic (exact) mass is 395 g/mol. The molecule has 3 aliphatic rings. The van der Waals surface area contributed by atoms with Gasteiger partial charge in [-0.1, -0.05) is 56.3 Å². The van der Waals surface area contributed by atoms with E-state index in [0.717, 1.165) is 32.5 Å². The van der Waals surface area contributed by atoms with Gasteiger partial charge < -0.3 is 10.2 Å². The average Bonchev–Trinajstić information content (AvgIpc) is 3.33.